The molecule has 0 aliphatic rings. The molecule has 0 saturated heterocycles. The first-order valence-electron chi connectivity index (χ1n) is 3.87. The second-order valence-electron chi connectivity index (χ2n) is 2.09. The highest BCUT2D eigenvalue weighted by molar-refractivity contribution is 5.68. The van der Waals surface area contributed by atoms with Crippen molar-refractivity contribution in [3.05, 3.63) is 0 Å². The van der Waals surface area contributed by atoms with E-state index in [9.17, 15) is 4.79 Å². The monoisotopic (exact) mass is 161 g/mol. The summed E-state index contributed by atoms with van der Waals surface area (Å²) in [6, 6.07) is 0. The Morgan fingerprint density at radius 2 is 2.18 bits per heavy atom. The topological polar surface area (TPSA) is 47.6 Å². The third-order valence-corrected chi connectivity index (χ3v) is 1.09. The molecule has 0 heterocycles. The van der Waals surface area contributed by atoms with E-state index in [-0.39, 0.29) is 5.97 Å². The summed E-state index contributed by atoms with van der Waals surface area (Å²) < 4.78 is 0. The molecule has 0 radical (unpaired) electrons. The van der Waals surface area contributed by atoms with Crippen molar-refractivity contribution in [2.75, 3.05) is 6.61 Å². The maximum atomic E-state index is 10.7. The van der Waals surface area contributed by atoms with Crippen LogP contribution in [0.3, 0.4) is 0 Å². The average Bonchev–Trinajstić information content (AvgIpc) is 2.01. The van der Waals surface area contributed by atoms with Gasteiger partial charge in [-0.25, -0.2) is 0 Å². The van der Waals surface area contributed by atoms with Gasteiger partial charge in [0, 0.05) is 6.42 Å². The fourth-order valence-electron chi connectivity index (χ4n) is 0.507. The van der Waals surface area contributed by atoms with Crippen LogP contribution in [0.1, 0.15) is 33.1 Å². The summed E-state index contributed by atoms with van der Waals surface area (Å²) in [6.07, 6.45) is 2.28. The number of hydrogen-bond donors (Lipinski definition) is 1. The average molecular weight is 161 g/mol. The molecule has 4 nitrogen and oxygen atoms in total. The highest BCUT2D eigenvalue weighted by Crippen LogP contribution is 1.94. The molecule has 11 heavy (non-hydrogen) atoms. The molecule has 0 aliphatic carbocycles. The normalized spacial score (nSPS) is 9.64. The molecule has 0 aromatic carbocycles. The Morgan fingerprint density at radius 1 is 1.45 bits per heavy atom. The van der Waals surface area contributed by atoms with Crippen molar-refractivity contribution in [3.63, 3.8) is 0 Å². The van der Waals surface area contributed by atoms with Crippen LogP contribution in [0.2, 0.25) is 0 Å². The Kier molecular flexibility index (Phi) is 7.08. The molecule has 66 valence electrons. The van der Waals surface area contributed by atoms with Crippen LogP contribution in [0.25, 0.3) is 0 Å². The van der Waals surface area contributed by atoms with E-state index in [0.29, 0.717) is 13.0 Å². The van der Waals surface area contributed by atoms with E-state index in [4.69, 9.17) is 0 Å². The molecule has 0 aromatic heterocycles. The van der Waals surface area contributed by atoms with Crippen molar-refractivity contribution in [1.82, 2.24) is 5.64 Å². The van der Waals surface area contributed by atoms with Gasteiger partial charge in [0.2, 0.25) is 0 Å². The third-order valence-electron chi connectivity index (χ3n) is 1.09. The highest BCUT2D eigenvalue weighted by Gasteiger charge is 1.99. The second kappa shape index (κ2) is 7.50. The van der Waals surface area contributed by atoms with Gasteiger partial charge in [-0.1, -0.05) is 13.3 Å². The van der Waals surface area contributed by atoms with Gasteiger partial charge < -0.3 is 4.84 Å². The summed E-state index contributed by atoms with van der Waals surface area (Å²) in [7, 11) is 0. The molecule has 0 spiro atoms. The number of carbonyl (C=O) groups is 1. The van der Waals surface area contributed by atoms with Crippen molar-refractivity contribution in [2.24, 2.45) is 0 Å². The Bertz CT molecular complexity index is 106. The minimum Gasteiger partial charge on any atom is -0.345 e. The van der Waals surface area contributed by atoms with Gasteiger partial charge in [0.25, 0.3) is 0 Å². The van der Waals surface area contributed by atoms with Gasteiger partial charge >= 0.3 is 5.97 Å². The van der Waals surface area contributed by atoms with Crippen molar-refractivity contribution in [1.29, 1.82) is 0 Å². The Hall–Kier alpha value is -0.610. The molecular formula is C7H15NO3. The van der Waals surface area contributed by atoms with E-state index >= 15 is 0 Å². The van der Waals surface area contributed by atoms with Crippen molar-refractivity contribution in [2.45, 2.75) is 33.1 Å². The quantitative estimate of drug-likeness (QED) is 0.469. The van der Waals surface area contributed by atoms with E-state index < -0.39 is 0 Å². The largest absolute Gasteiger partial charge is 0.345 e. The van der Waals surface area contributed by atoms with Crippen LogP contribution in [-0.2, 0) is 14.5 Å². The first kappa shape index (κ1) is 10.4. The predicted molar refractivity (Wildman–Crippen MR) is 40.4 cm³/mol. The van der Waals surface area contributed by atoms with Gasteiger partial charge in [-0.3, -0.25) is 9.63 Å². The lowest BCUT2D eigenvalue weighted by molar-refractivity contribution is -0.190. The fraction of sp³-hybridized carbons (Fsp3) is 0.857. The van der Waals surface area contributed by atoms with Crippen LogP contribution in [0.4, 0.5) is 0 Å². The lowest BCUT2D eigenvalue weighted by Crippen LogP contribution is -2.19. The number of hydrogen-bond acceptors (Lipinski definition) is 4. The van der Waals surface area contributed by atoms with Crippen molar-refractivity contribution < 1.29 is 14.5 Å². The van der Waals surface area contributed by atoms with Crippen LogP contribution in [0.5, 0.6) is 0 Å². The van der Waals surface area contributed by atoms with Crippen molar-refractivity contribution in [3.8, 4) is 0 Å². The zero-order valence-corrected chi connectivity index (χ0v) is 7.05. The predicted octanol–water partition coefficient (Wildman–Crippen LogP) is 1.18. The molecule has 0 rings (SSSR count). The molecule has 0 aromatic rings. The molecule has 0 fully saturated rings. The summed E-state index contributed by atoms with van der Waals surface area (Å²) in [4.78, 5) is 19.8. The van der Waals surface area contributed by atoms with E-state index in [2.05, 4.69) is 15.3 Å². The zero-order valence-electron chi connectivity index (χ0n) is 7.05. The third kappa shape index (κ3) is 7.29. The van der Waals surface area contributed by atoms with Gasteiger partial charge in [0.15, 0.2) is 0 Å². The molecule has 0 unspecified atom stereocenters. The standard InChI is InChI=1S/C7H15NO3/c1-3-5-6-7(9)11-8-10-4-2/h8H,3-6H2,1-2H3. The summed E-state index contributed by atoms with van der Waals surface area (Å²) in [5.41, 5.74) is 2.09. The van der Waals surface area contributed by atoms with E-state index in [1.54, 1.807) is 6.92 Å². The van der Waals surface area contributed by atoms with Crippen molar-refractivity contribution >= 4 is 5.97 Å². The van der Waals surface area contributed by atoms with E-state index in [0.717, 1.165) is 12.8 Å². The van der Waals surface area contributed by atoms with Gasteiger partial charge in [-0.2, -0.15) is 0 Å². The number of unbranched alkanes of at least 4 members (excludes halogenated alkanes) is 1. The van der Waals surface area contributed by atoms with E-state index in [1.807, 2.05) is 6.92 Å². The van der Waals surface area contributed by atoms with E-state index in [1.165, 1.54) is 0 Å². The minimum absolute atomic E-state index is 0.277. The number of carbonyl (C=O) groups excluding carboxylic acids is 1. The van der Waals surface area contributed by atoms with Gasteiger partial charge in [0.05, 0.1) is 6.61 Å². The molecule has 4 heteroatoms. The highest BCUT2D eigenvalue weighted by atomic mass is 16.9. The fourth-order valence-corrected chi connectivity index (χ4v) is 0.507. The maximum absolute atomic E-state index is 10.7. The molecule has 0 amide bonds. The van der Waals surface area contributed by atoms with Gasteiger partial charge in [0.1, 0.15) is 0 Å². The van der Waals surface area contributed by atoms with Crippen LogP contribution in [0.15, 0.2) is 0 Å². The first-order chi connectivity index (χ1) is 5.31. The van der Waals surface area contributed by atoms with Crippen LogP contribution in [-0.4, -0.2) is 12.6 Å². The van der Waals surface area contributed by atoms with Crippen LogP contribution < -0.4 is 5.64 Å². The summed E-state index contributed by atoms with van der Waals surface area (Å²) in [6.45, 7) is 4.29. The molecule has 0 aliphatic heterocycles. The molecule has 1 N–H and O–H groups in total. The summed E-state index contributed by atoms with van der Waals surface area (Å²) in [5, 5.41) is 0. The second-order valence-corrected chi connectivity index (χ2v) is 2.09. The van der Waals surface area contributed by atoms with Gasteiger partial charge in [-0.05, 0) is 19.0 Å². The SMILES string of the molecule is CCCCC(=O)ONOCC. The summed E-state index contributed by atoms with van der Waals surface area (Å²) in [5.74, 6) is -0.277. The Balaban J connectivity index is 3.09. The molecule has 0 saturated carbocycles. The van der Waals surface area contributed by atoms with Crippen LogP contribution >= 0.6 is 0 Å². The minimum atomic E-state index is -0.277. The summed E-state index contributed by atoms with van der Waals surface area (Å²) >= 11 is 0. The lowest BCUT2D eigenvalue weighted by atomic mass is 10.3. The Morgan fingerprint density at radius 3 is 2.73 bits per heavy atom. The lowest BCUT2D eigenvalue weighted by Gasteiger charge is -2.02. The maximum Gasteiger partial charge on any atom is 0.327 e. The Labute approximate surface area is 66.8 Å². The molecule has 0 atom stereocenters. The molecular weight excluding hydrogens is 146 g/mol. The van der Waals surface area contributed by atoms with Gasteiger partial charge in [-0.15, -0.1) is 0 Å². The smallest absolute Gasteiger partial charge is 0.327 e. The number of rotatable bonds is 6. The number of nitrogens with one attached hydrogen (secondary N) is 1. The van der Waals surface area contributed by atoms with Crippen LogP contribution in [0, 0.1) is 0 Å². The first-order valence-corrected chi connectivity index (χ1v) is 3.87. The zero-order chi connectivity index (χ0) is 8.53. The molecule has 0 bridgehead atoms.